The maximum absolute atomic E-state index is 13.2. The molecule has 2 aromatic carbocycles. The largest absolute Gasteiger partial charge is 0.495 e. The van der Waals surface area contributed by atoms with Crippen molar-refractivity contribution >= 4 is 21.6 Å². The van der Waals surface area contributed by atoms with Gasteiger partial charge in [0, 0.05) is 13.1 Å². The molecule has 2 aromatic rings. The highest BCUT2D eigenvalue weighted by atomic mass is 32.2. The first kappa shape index (κ1) is 21.6. The zero-order chi connectivity index (χ0) is 21.8. The molecule has 0 saturated carbocycles. The van der Waals surface area contributed by atoms with Gasteiger partial charge in [-0.05, 0) is 49.1 Å². The normalized spacial score (nSPS) is 19.6. The standard InChI is InChI=1S/C23H28N2O5S/c1-29-22-11-10-19(31(27,28)25-12-6-2-3-7-13-25)15-20(22)24-23(26)18-14-17-8-4-5-9-21(17)30-16-18/h4-5,8-11,15,18H,2-3,6-7,12-14,16H2,1H3,(H,24,26)/t18-/m1/s1. The van der Waals surface area contributed by atoms with Crippen LogP contribution in [0.4, 0.5) is 5.69 Å². The van der Waals surface area contributed by atoms with Crippen LogP contribution in [0.25, 0.3) is 0 Å². The van der Waals surface area contributed by atoms with E-state index in [-0.39, 0.29) is 23.3 Å². The number of para-hydroxylation sites is 1. The molecule has 2 heterocycles. The predicted molar refractivity (Wildman–Crippen MR) is 118 cm³/mol. The van der Waals surface area contributed by atoms with Crippen LogP contribution in [0.1, 0.15) is 31.2 Å². The first-order chi connectivity index (χ1) is 15.0. The van der Waals surface area contributed by atoms with E-state index in [2.05, 4.69) is 5.32 Å². The summed E-state index contributed by atoms with van der Waals surface area (Å²) in [7, 11) is -2.14. The summed E-state index contributed by atoms with van der Waals surface area (Å²) in [4.78, 5) is 13.1. The third-order valence-corrected chi connectivity index (χ3v) is 7.78. The van der Waals surface area contributed by atoms with E-state index in [9.17, 15) is 13.2 Å². The fourth-order valence-corrected chi connectivity index (χ4v) is 5.65. The number of benzene rings is 2. The summed E-state index contributed by atoms with van der Waals surface area (Å²) >= 11 is 0. The summed E-state index contributed by atoms with van der Waals surface area (Å²) in [6.45, 7) is 1.32. The Balaban J connectivity index is 1.55. The van der Waals surface area contributed by atoms with Crippen LogP contribution in [0.2, 0.25) is 0 Å². The van der Waals surface area contributed by atoms with E-state index in [1.54, 1.807) is 10.4 Å². The number of carbonyl (C=O) groups excluding carboxylic acids is 1. The average Bonchev–Trinajstić information content (AvgIpc) is 3.09. The molecule has 0 bridgehead atoms. The minimum absolute atomic E-state index is 0.163. The molecular weight excluding hydrogens is 416 g/mol. The molecule has 0 spiro atoms. The number of hydrogen-bond acceptors (Lipinski definition) is 5. The lowest BCUT2D eigenvalue weighted by Gasteiger charge is -2.25. The fraction of sp³-hybridized carbons (Fsp3) is 0.435. The second-order valence-corrected chi connectivity index (χ2v) is 9.93. The number of fused-ring (bicyclic) bond motifs is 1. The van der Waals surface area contributed by atoms with Crippen molar-refractivity contribution in [3.63, 3.8) is 0 Å². The number of anilines is 1. The zero-order valence-electron chi connectivity index (χ0n) is 17.7. The van der Waals surface area contributed by atoms with Crippen LogP contribution in [0.3, 0.4) is 0 Å². The maximum atomic E-state index is 13.2. The Morgan fingerprint density at radius 1 is 1.10 bits per heavy atom. The summed E-state index contributed by atoms with van der Waals surface area (Å²) in [5, 5.41) is 2.86. The van der Waals surface area contributed by atoms with Crippen molar-refractivity contribution in [1.29, 1.82) is 0 Å². The van der Waals surface area contributed by atoms with E-state index >= 15 is 0 Å². The number of methoxy groups -OCH3 is 1. The van der Waals surface area contributed by atoms with E-state index < -0.39 is 10.0 Å². The Morgan fingerprint density at radius 2 is 1.84 bits per heavy atom. The van der Waals surface area contributed by atoms with Gasteiger partial charge in [-0.3, -0.25) is 4.79 Å². The van der Waals surface area contributed by atoms with Crippen molar-refractivity contribution in [2.45, 2.75) is 37.0 Å². The summed E-state index contributed by atoms with van der Waals surface area (Å²) in [6, 6.07) is 12.3. The number of carbonyl (C=O) groups is 1. The summed E-state index contributed by atoms with van der Waals surface area (Å²) < 4.78 is 39.0. The molecule has 0 aromatic heterocycles. The number of nitrogens with zero attached hydrogens (tertiary/aromatic N) is 1. The first-order valence-corrected chi connectivity index (χ1v) is 12.1. The molecule has 8 heteroatoms. The molecule has 31 heavy (non-hydrogen) atoms. The molecule has 1 N–H and O–H groups in total. The van der Waals surface area contributed by atoms with Crippen LogP contribution in [0.5, 0.6) is 11.5 Å². The molecule has 0 aliphatic carbocycles. The Labute approximate surface area is 183 Å². The van der Waals surface area contributed by atoms with Gasteiger partial charge < -0.3 is 14.8 Å². The van der Waals surface area contributed by atoms with Gasteiger partial charge in [-0.25, -0.2) is 8.42 Å². The van der Waals surface area contributed by atoms with Crippen LogP contribution < -0.4 is 14.8 Å². The Morgan fingerprint density at radius 3 is 2.58 bits per heavy atom. The third-order valence-electron chi connectivity index (χ3n) is 5.88. The quantitative estimate of drug-likeness (QED) is 0.764. The molecule has 4 rings (SSSR count). The number of rotatable bonds is 5. The highest BCUT2D eigenvalue weighted by molar-refractivity contribution is 7.89. The van der Waals surface area contributed by atoms with Gasteiger partial charge >= 0.3 is 0 Å². The molecule has 1 atom stereocenters. The summed E-state index contributed by atoms with van der Waals surface area (Å²) in [6.07, 6.45) is 4.38. The summed E-state index contributed by atoms with van der Waals surface area (Å²) in [5.41, 5.74) is 1.33. The molecule has 2 aliphatic rings. The smallest absolute Gasteiger partial charge is 0.243 e. The molecule has 1 amide bonds. The van der Waals surface area contributed by atoms with E-state index in [1.165, 1.54) is 19.2 Å². The minimum Gasteiger partial charge on any atom is -0.495 e. The van der Waals surface area contributed by atoms with Crippen LogP contribution in [0, 0.1) is 5.92 Å². The molecule has 1 fully saturated rings. The van der Waals surface area contributed by atoms with Crippen molar-refractivity contribution in [3.8, 4) is 11.5 Å². The van der Waals surface area contributed by atoms with Gasteiger partial charge in [-0.1, -0.05) is 31.0 Å². The van der Waals surface area contributed by atoms with Gasteiger partial charge in [0.1, 0.15) is 18.1 Å². The van der Waals surface area contributed by atoms with Crippen LogP contribution >= 0.6 is 0 Å². The van der Waals surface area contributed by atoms with Crippen molar-refractivity contribution in [1.82, 2.24) is 4.31 Å². The van der Waals surface area contributed by atoms with Gasteiger partial charge in [0.15, 0.2) is 0 Å². The minimum atomic E-state index is -3.63. The van der Waals surface area contributed by atoms with E-state index in [4.69, 9.17) is 9.47 Å². The topological polar surface area (TPSA) is 84.9 Å². The van der Waals surface area contributed by atoms with E-state index in [1.807, 2.05) is 24.3 Å². The Kier molecular flexibility index (Phi) is 6.48. The maximum Gasteiger partial charge on any atom is 0.243 e. The number of hydrogen-bond donors (Lipinski definition) is 1. The Bertz CT molecular complexity index is 1050. The molecule has 166 valence electrons. The third kappa shape index (κ3) is 4.70. The van der Waals surface area contributed by atoms with Crippen molar-refractivity contribution in [3.05, 3.63) is 48.0 Å². The lowest BCUT2D eigenvalue weighted by atomic mass is 9.96. The number of nitrogens with one attached hydrogen (secondary N) is 1. The molecule has 7 nitrogen and oxygen atoms in total. The lowest BCUT2D eigenvalue weighted by molar-refractivity contribution is -0.121. The van der Waals surface area contributed by atoms with Crippen LogP contribution in [-0.2, 0) is 21.2 Å². The van der Waals surface area contributed by atoms with E-state index in [0.717, 1.165) is 37.0 Å². The SMILES string of the molecule is COc1ccc(S(=O)(=O)N2CCCCCC2)cc1NC(=O)[C@H]1COc2ccccc2C1. The van der Waals surface area contributed by atoms with Crippen LogP contribution in [0.15, 0.2) is 47.4 Å². The molecule has 1 saturated heterocycles. The van der Waals surface area contributed by atoms with E-state index in [0.29, 0.717) is 30.9 Å². The molecule has 0 unspecified atom stereocenters. The highest BCUT2D eigenvalue weighted by Crippen LogP contribution is 2.32. The number of ether oxygens (including phenoxy) is 2. The van der Waals surface area contributed by atoms with Gasteiger partial charge in [0.05, 0.1) is 23.6 Å². The van der Waals surface area contributed by atoms with Gasteiger partial charge in [0.2, 0.25) is 15.9 Å². The van der Waals surface area contributed by atoms with Gasteiger partial charge in [-0.2, -0.15) is 4.31 Å². The van der Waals surface area contributed by atoms with Crippen LogP contribution in [-0.4, -0.2) is 45.4 Å². The molecule has 0 radical (unpaired) electrons. The molecule has 2 aliphatic heterocycles. The fourth-order valence-electron chi connectivity index (χ4n) is 4.11. The number of amides is 1. The second-order valence-electron chi connectivity index (χ2n) is 7.99. The predicted octanol–water partition coefficient (Wildman–Crippen LogP) is 3.45. The lowest BCUT2D eigenvalue weighted by Crippen LogP contribution is -2.33. The highest BCUT2D eigenvalue weighted by Gasteiger charge is 2.29. The molecular formula is C23H28N2O5S. The van der Waals surface area contributed by atoms with Crippen molar-refractivity contribution < 1.29 is 22.7 Å². The monoisotopic (exact) mass is 444 g/mol. The first-order valence-electron chi connectivity index (χ1n) is 10.7. The average molecular weight is 445 g/mol. The number of sulfonamides is 1. The van der Waals surface area contributed by atoms with Gasteiger partial charge in [0.25, 0.3) is 0 Å². The zero-order valence-corrected chi connectivity index (χ0v) is 18.5. The van der Waals surface area contributed by atoms with Crippen molar-refractivity contribution in [2.75, 3.05) is 32.1 Å². The summed E-state index contributed by atoms with van der Waals surface area (Å²) in [5.74, 6) is 0.623. The van der Waals surface area contributed by atoms with Gasteiger partial charge in [-0.15, -0.1) is 0 Å². The Hall–Kier alpha value is -2.58. The van der Waals surface area contributed by atoms with Crippen molar-refractivity contribution in [2.24, 2.45) is 5.92 Å². The second kappa shape index (κ2) is 9.28.